The lowest BCUT2D eigenvalue weighted by molar-refractivity contribution is 0.556. The number of rotatable bonds is 3. The highest BCUT2D eigenvalue weighted by Crippen LogP contribution is 2.34. The predicted molar refractivity (Wildman–Crippen MR) is 83.5 cm³/mol. The molecule has 2 aromatic rings. The Morgan fingerprint density at radius 3 is 2.76 bits per heavy atom. The first kappa shape index (κ1) is 14.4. The SMILES string of the molecule is CCc1nc(-c2ccc(Cl)cc2)sc1C1NNNC1C#N. The van der Waals surface area contributed by atoms with Crippen LogP contribution < -0.4 is 16.4 Å². The summed E-state index contributed by atoms with van der Waals surface area (Å²) in [5.41, 5.74) is 10.9. The van der Waals surface area contributed by atoms with Crippen LogP contribution in [0.25, 0.3) is 10.6 Å². The van der Waals surface area contributed by atoms with E-state index in [0.29, 0.717) is 5.02 Å². The van der Waals surface area contributed by atoms with E-state index in [1.807, 2.05) is 24.3 Å². The summed E-state index contributed by atoms with van der Waals surface area (Å²) < 4.78 is 0. The molecule has 0 radical (unpaired) electrons. The molecule has 5 nitrogen and oxygen atoms in total. The van der Waals surface area contributed by atoms with Crippen molar-refractivity contribution in [3.05, 3.63) is 39.9 Å². The average molecular weight is 320 g/mol. The van der Waals surface area contributed by atoms with Gasteiger partial charge in [-0.2, -0.15) is 10.8 Å². The first-order valence-electron chi connectivity index (χ1n) is 6.64. The van der Waals surface area contributed by atoms with Crippen LogP contribution in [0.4, 0.5) is 0 Å². The lowest BCUT2D eigenvalue weighted by atomic mass is 10.1. The van der Waals surface area contributed by atoms with Gasteiger partial charge in [0.2, 0.25) is 0 Å². The Morgan fingerprint density at radius 2 is 2.10 bits per heavy atom. The molecule has 7 heteroatoms. The summed E-state index contributed by atoms with van der Waals surface area (Å²) in [6, 6.07) is 9.49. The summed E-state index contributed by atoms with van der Waals surface area (Å²) in [6.07, 6.45) is 0.829. The van der Waals surface area contributed by atoms with E-state index in [4.69, 9.17) is 16.6 Å². The molecule has 0 saturated carbocycles. The van der Waals surface area contributed by atoms with Gasteiger partial charge in [0.25, 0.3) is 0 Å². The molecule has 1 fully saturated rings. The van der Waals surface area contributed by atoms with Crippen molar-refractivity contribution < 1.29 is 0 Å². The van der Waals surface area contributed by atoms with Crippen LogP contribution in [0.5, 0.6) is 0 Å². The van der Waals surface area contributed by atoms with Crippen LogP contribution in [-0.2, 0) is 6.42 Å². The van der Waals surface area contributed by atoms with E-state index in [2.05, 4.69) is 29.4 Å². The van der Waals surface area contributed by atoms with Gasteiger partial charge in [0.15, 0.2) is 0 Å². The Balaban J connectivity index is 1.98. The van der Waals surface area contributed by atoms with Crippen molar-refractivity contribution in [2.45, 2.75) is 25.4 Å². The number of nitriles is 1. The highest BCUT2D eigenvalue weighted by molar-refractivity contribution is 7.15. The number of thiazole rings is 1. The van der Waals surface area contributed by atoms with E-state index in [1.165, 1.54) is 0 Å². The van der Waals surface area contributed by atoms with E-state index >= 15 is 0 Å². The molecule has 0 bridgehead atoms. The topological polar surface area (TPSA) is 72.8 Å². The van der Waals surface area contributed by atoms with Crippen molar-refractivity contribution in [2.24, 2.45) is 0 Å². The molecule has 0 amide bonds. The normalized spacial score (nSPS) is 21.4. The molecule has 1 aromatic carbocycles. The van der Waals surface area contributed by atoms with E-state index in [0.717, 1.165) is 27.6 Å². The third kappa shape index (κ3) is 2.79. The lowest BCUT2D eigenvalue weighted by Gasteiger charge is -2.10. The van der Waals surface area contributed by atoms with Crippen LogP contribution in [0, 0.1) is 11.3 Å². The third-order valence-electron chi connectivity index (χ3n) is 3.36. The minimum atomic E-state index is -0.311. The van der Waals surface area contributed by atoms with Crippen LogP contribution in [0.1, 0.15) is 23.5 Å². The van der Waals surface area contributed by atoms with Gasteiger partial charge in [0.1, 0.15) is 11.0 Å². The van der Waals surface area contributed by atoms with Crippen molar-refractivity contribution in [1.29, 1.82) is 5.26 Å². The second-order valence-corrected chi connectivity index (χ2v) is 6.16. The molecule has 1 aliphatic rings. The molecule has 1 saturated heterocycles. The molecule has 1 aliphatic heterocycles. The van der Waals surface area contributed by atoms with Gasteiger partial charge in [-0.1, -0.05) is 30.7 Å². The number of nitrogens with one attached hydrogen (secondary N) is 3. The van der Waals surface area contributed by atoms with Gasteiger partial charge in [-0.15, -0.1) is 11.3 Å². The number of nitrogens with zero attached hydrogens (tertiary/aromatic N) is 2. The van der Waals surface area contributed by atoms with E-state index in [9.17, 15) is 5.26 Å². The summed E-state index contributed by atoms with van der Waals surface area (Å²) in [5, 5.41) is 10.9. The van der Waals surface area contributed by atoms with Gasteiger partial charge in [-0.3, -0.25) is 0 Å². The monoisotopic (exact) mass is 319 g/mol. The second kappa shape index (κ2) is 6.10. The molecule has 3 rings (SSSR count). The smallest absolute Gasteiger partial charge is 0.131 e. The van der Waals surface area contributed by atoms with Crippen LogP contribution in [0.3, 0.4) is 0 Å². The minimum absolute atomic E-state index is 0.0940. The van der Waals surface area contributed by atoms with Crippen molar-refractivity contribution in [1.82, 2.24) is 21.4 Å². The number of hydrogen-bond donors (Lipinski definition) is 3. The van der Waals surface area contributed by atoms with Crippen molar-refractivity contribution in [3.8, 4) is 16.6 Å². The fourth-order valence-electron chi connectivity index (χ4n) is 2.26. The van der Waals surface area contributed by atoms with Crippen LogP contribution in [0.15, 0.2) is 24.3 Å². The Morgan fingerprint density at radius 1 is 1.33 bits per heavy atom. The molecule has 3 N–H and O–H groups in total. The maximum absolute atomic E-state index is 9.19. The minimum Gasteiger partial charge on any atom is -0.241 e. The standard InChI is InChI=1S/C14H14ClN5S/c1-2-10-13(12-11(7-16)18-20-19-12)21-14(17-10)8-3-5-9(15)6-4-8/h3-6,11-12,18-20H,2H2,1H3. The van der Waals surface area contributed by atoms with Gasteiger partial charge >= 0.3 is 0 Å². The molecule has 2 atom stereocenters. The summed E-state index contributed by atoms with van der Waals surface area (Å²) in [5.74, 6) is 0. The molecule has 0 spiro atoms. The summed E-state index contributed by atoms with van der Waals surface area (Å²) in [7, 11) is 0. The summed E-state index contributed by atoms with van der Waals surface area (Å²) in [6.45, 7) is 2.07. The molecule has 21 heavy (non-hydrogen) atoms. The zero-order valence-corrected chi connectivity index (χ0v) is 12.9. The largest absolute Gasteiger partial charge is 0.241 e. The highest BCUT2D eigenvalue weighted by atomic mass is 35.5. The van der Waals surface area contributed by atoms with Crippen LogP contribution in [-0.4, -0.2) is 11.0 Å². The molecule has 1 aromatic heterocycles. The van der Waals surface area contributed by atoms with Crippen LogP contribution >= 0.6 is 22.9 Å². The Bertz CT molecular complexity index is 676. The third-order valence-corrected chi connectivity index (χ3v) is 4.85. The zero-order chi connectivity index (χ0) is 14.8. The van der Waals surface area contributed by atoms with Crippen molar-refractivity contribution in [3.63, 3.8) is 0 Å². The van der Waals surface area contributed by atoms with E-state index < -0.39 is 0 Å². The molecular formula is C14H14ClN5S. The number of benzene rings is 1. The van der Waals surface area contributed by atoms with Gasteiger partial charge < -0.3 is 0 Å². The number of hydrogen-bond acceptors (Lipinski definition) is 6. The maximum atomic E-state index is 9.19. The number of halogens is 1. The van der Waals surface area contributed by atoms with Gasteiger partial charge in [0, 0.05) is 15.5 Å². The lowest BCUT2D eigenvalue weighted by Crippen LogP contribution is -2.32. The number of aromatic nitrogens is 1. The molecule has 108 valence electrons. The predicted octanol–water partition coefficient (Wildman–Crippen LogP) is 2.57. The first-order chi connectivity index (χ1) is 10.2. The first-order valence-corrected chi connectivity index (χ1v) is 7.83. The Labute approximate surface area is 131 Å². The van der Waals surface area contributed by atoms with E-state index in [1.54, 1.807) is 11.3 Å². The van der Waals surface area contributed by atoms with Gasteiger partial charge in [0.05, 0.1) is 17.8 Å². The van der Waals surface area contributed by atoms with Crippen LogP contribution in [0.2, 0.25) is 5.02 Å². The molecule has 2 unspecified atom stereocenters. The maximum Gasteiger partial charge on any atom is 0.131 e. The Kier molecular flexibility index (Phi) is 4.19. The zero-order valence-electron chi connectivity index (χ0n) is 11.4. The fraction of sp³-hybridized carbons (Fsp3) is 0.286. The van der Waals surface area contributed by atoms with Gasteiger partial charge in [-0.25, -0.2) is 15.8 Å². The quantitative estimate of drug-likeness (QED) is 0.811. The number of hydrazine groups is 2. The summed E-state index contributed by atoms with van der Waals surface area (Å²) >= 11 is 7.54. The number of aryl methyl sites for hydroxylation is 1. The molecule has 2 heterocycles. The average Bonchev–Trinajstić information content (AvgIpc) is 3.13. The fourth-order valence-corrected chi connectivity index (χ4v) is 3.64. The van der Waals surface area contributed by atoms with Crippen molar-refractivity contribution in [2.75, 3.05) is 0 Å². The summed E-state index contributed by atoms with van der Waals surface area (Å²) in [4.78, 5) is 5.80. The molecular weight excluding hydrogens is 306 g/mol. The molecule has 0 aliphatic carbocycles. The highest BCUT2D eigenvalue weighted by Gasteiger charge is 2.31. The Hall–Kier alpha value is -1.49. The second-order valence-electron chi connectivity index (χ2n) is 4.69. The van der Waals surface area contributed by atoms with E-state index in [-0.39, 0.29) is 12.1 Å². The van der Waals surface area contributed by atoms with Gasteiger partial charge in [-0.05, 0) is 18.6 Å². The van der Waals surface area contributed by atoms with Crippen molar-refractivity contribution >= 4 is 22.9 Å².